The Morgan fingerprint density at radius 2 is 1.79 bits per heavy atom. The summed E-state index contributed by atoms with van der Waals surface area (Å²) in [4.78, 5) is 25.3. The van der Waals surface area contributed by atoms with Gasteiger partial charge in [-0.15, -0.1) is 0 Å². The number of thiol groups is 1. The molecule has 1 saturated carbocycles. The van der Waals surface area contributed by atoms with E-state index in [-0.39, 0.29) is 6.03 Å². The van der Waals surface area contributed by atoms with Crippen LogP contribution in [0.5, 0.6) is 0 Å². The van der Waals surface area contributed by atoms with Gasteiger partial charge >= 0.3 is 6.03 Å². The minimum absolute atomic E-state index is 0.155. The van der Waals surface area contributed by atoms with E-state index in [0.717, 1.165) is 54.4 Å². The second kappa shape index (κ2) is 10.2. The number of hydrogen-bond acceptors (Lipinski definition) is 5. The molecule has 5 rings (SSSR count). The Labute approximate surface area is 198 Å². The topological polar surface area (TPSA) is 79.4 Å². The smallest absolute Gasteiger partial charge is 0.319 e. The molecular weight excluding hydrogens is 434 g/mol. The molecule has 0 spiro atoms. The van der Waals surface area contributed by atoms with E-state index in [1.165, 1.54) is 16.7 Å². The van der Waals surface area contributed by atoms with Crippen molar-refractivity contribution in [2.24, 2.45) is 0 Å². The fourth-order valence-electron chi connectivity index (χ4n) is 3.64. The highest BCUT2D eigenvalue weighted by Gasteiger charge is 2.23. The molecule has 1 aromatic heterocycles. The number of anilines is 2. The normalized spacial score (nSPS) is 15.8. The van der Waals surface area contributed by atoms with Crippen molar-refractivity contribution < 1.29 is 9.53 Å². The van der Waals surface area contributed by atoms with E-state index in [1.807, 2.05) is 30.3 Å². The summed E-state index contributed by atoms with van der Waals surface area (Å²) in [6, 6.07) is 20.4. The molecule has 170 valence electrons. The zero-order valence-electron chi connectivity index (χ0n) is 18.4. The molecule has 7 nitrogen and oxygen atoms in total. The van der Waals surface area contributed by atoms with Gasteiger partial charge in [-0.3, -0.25) is 0 Å². The third-order valence-electron chi connectivity index (χ3n) is 5.59. The van der Waals surface area contributed by atoms with Gasteiger partial charge in [0.15, 0.2) is 16.5 Å². The molecule has 2 heterocycles. The second-order valence-corrected chi connectivity index (χ2v) is 9.39. The molecule has 33 heavy (non-hydrogen) atoms. The third kappa shape index (κ3) is 6.03. The van der Waals surface area contributed by atoms with Crippen molar-refractivity contribution in [3.8, 4) is 11.4 Å². The van der Waals surface area contributed by atoms with Crippen molar-refractivity contribution in [1.29, 1.82) is 0 Å². The largest absolute Gasteiger partial charge is 0.378 e. The van der Waals surface area contributed by atoms with Crippen LogP contribution in [0.25, 0.3) is 11.4 Å². The van der Waals surface area contributed by atoms with Gasteiger partial charge < -0.3 is 20.3 Å². The van der Waals surface area contributed by atoms with Gasteiger partial charge in [0.05, 0.1) is 18.9 Å². The van der Waals surface area contributed by atoms with Crippen molar-refractivity contribution in [1.82, 2.24) is 15.3 Å². The minimum Gasteiger partial charge on any atom is -0.378 e. The summed E-state index contributed by atoms with van der Waals surface area (Å²) in [6.07, 6.45) is 2.13. The van der Waals surface area contributed by atoms with Gasteiger partial charge in [-0.1, -0.05) is 18.2 Å². The fourth-order valence-corrected chi connectivity index (χ4v) is 4.53. The molecule has 2 fully saturated rings. The molecular formula is C25H28N5O2S+. The molecule has 1 aliphatic carbocycles. The number of carbonyl (C=O) groups excluding carboxylic acids is 1. The first-order chi connectivity index (χ1) is 16.2. The van der Waals surface area contributed by atoms with E-state index in [9.17, 15) is 4.79 Å². The zero-order chi connectivity index (χ0) is 22.5. The Kier molecular flexibility index (Phi) is 6.73. The van der Waals surface area contributed by atoms with Crippen molar-refractivity contribution in [2.75, 3.05) is 36.5 Å². The lowest BCUT2D eigenvalue weighted by Crippen LogP contribution is -2.37. The number of rotatable bonds is 7. The number of benzene rings is 2. The van der Waals surface area contributed by atoms with Gasteiger partial charge in [0.1, 0.15) is 5.82 Å². The molecule has 2 N–H and O–H groups in total. The molecule has 0 unspecified atom stereocenters. The Morgan fingerprint density at radius 1 is 1.03 bits per heavy atom. The summed E-state index contributed by atoms with van der Waals surface area (Å²) in [5, 5.41) is 5.83. The van der Waals surface area contributed by atoms with Crippen molar-refractivity contribution in [3.63, 3.8) is 0 Å². The fraction of sp³-hybridized carbons (Fsp3) is 0.320. The summed E-state index contributed by atoms with van der Waals surface area (Å²) >= 11 is 1.21. The Bertz CT molecular complexity index is 1080. The van der Waals surface area contributed by atoms with Crippen LogP contribution >= 0.6 is 0 Å². The van der Waals surface area contributed by atoms with Gasteiger partial charge in [-0.2, -0.15) is 0 Å². The number of carbonyl (C=O) groups is 1. The highest BCUT2D eigenvalue weighted by Crippen LogP contribution is 2.24. The Morgan fingerprint density at radius 3 is 2.52 bits per heavy atom. The Hall–Kier alpha value is -3.10. The lowest BCUT2D eigenvalue weighted by molar-refractivity contribution is 0.122. The first kappa shape index (κ1) is 21.7. The molecule has 1 saturated heterocycles. The van der Waals surface area contributed by atoms with Crippen LogP contribution in [0.2, 0.25) is 0 Å². The van der Waals surface area contributed by atoms with Crippen LogP contribution in [-0.4, -0.2) is 48.3 Å². The average molecular weight is 463 g/mol. The third-order valence-corrected chi connectivity index (χ3v) is 6.74. The minimum atomic E-state index is -0.155. The molecule has 3 aromatic rings. The molecule has 0 bridgehead atoms. The zero-order valence-corrected chi connectivity index (χ0v) is 19.3. The number of nitrogens with one attached hydrogen (secondary N) is 2. The maximum atomic E-state index is 12.0. The standard InChI is InChI=1S/C25H27N5O2S/c31-25(28-20-10-11-20)27-19-8-6-18(7-9-19)24-26-21(17-33-22-4-2-1-3-5-22)16-23(29-24)30-12-14-32-15-13-30/h1-9,16,20H,10-15,17H2,(H2,27,28,31)/p+1. The maximum absolute atomic E-state index is 12.0. The number of ether oxygens (including phenoxy) is 1. The van der Waals surface area contributed by atoms with Gasteiger partial charge in [-0.05, 0) is 49.2 Å². The molecule has 0 atom stereocenters. The van der Waals surface area contributed by atoms with Crippen LogP contribution in [0.4, 0.5) is 16.3 Å². The van der Waals surface area contributed by atoms with Crippen molar-refractivity contribution in [3.05, 3.63) is 66.4 Å². The van der Waals surface area contributed by atoms with E-state index in [1.54, 1.807) is 0 Å². The van der Waals surface area contributed by atoms with Crippen LogP contribution in [0.3, 0.4) is 0 Å². The van der Waals surface area contributed by atoms with E-state index in [0.29, 0.717) is 25.1 Å². The lowest BCUT2D eigenvalue weighted by atomic mass is 10.2. The molecule has 2 amide bonds. The van der Waals surface area contributed by atoms with Crippen molar-refractivity contribution >= 4 is 29.3 Å². The lowest BCUT2D eigenvalue weighted by Gasteiger charge is -2.28. The van der Waals surface area contributed by atoms with E-state index in [2.05, 4.69) is 45.9 Å². The number of morpholine rings is 1. The van der Waals surface area contributed by atoms with Crippen LogP contribution in [0, 0.1) is 0 Å². The summed E-state index contributed by atoms with van der Waals surface area (Å²) < 4.78 is 5.52. The van der Waals surface area contributed by atoms with Crippen molar-refractivity contribution in [2.45, 2.75) is 29.5 Å². The first-order valence-corrected chi connectivity index (χ1v) is 12.4. The number of urea groups is 1. The van der Waals surface area contributed by atoms with Crippen LogP contribution in [-0.2, 0) is 22.3 Å². The predicted octanol–water partition coefficient (Wildman–Crippen LogP) is 3.64. The highest BCUT2D eigenvalue weighted by molar-refractivity contribution is 7.77. The first-order valence-electron chi connectivity index (χ1n) is 11.3. The molecule has 8 heteroatoms. The second-order valence-electron chi connectivity index (χ2n) is 8.24. The highest BCUT2D eigenvalue weighted by atomic mass is 32.2. The van der Waals surface area contributed by atoms with E-state index >= 15 is 0 Å². The molecule has 2 aliphatic rings. The monoisotopic (exact) mass is 462 g/mol. The summed E-state index contributed by atoms with van der Waals surface area (Å²) in [6.45, 7) is 3.07. The molecule has 0 radical (unpaired) electrons. The van der Waals surface area contributed by atoms with Crippen LogP contribution in [0.1, 0.15) is 18.5 Å². The number of nitrogens with zero attached hydrogens (tertiary/aromatic N) is 3. The Balaban J connectivity index is 1.35. The van der Waals surface area contributed by atoms with Gasteiger partial charge in [0.25, 0.3) is 0 Å². The predicted molar refractivity (Wildman–Crippen MR) is 133 cm³/mol. The SMILES string of the molecule is O=C(Nc1ccc(-c2nc(C[SH+]c3ccccc3)cc(N3CCOCC3)n2)cc1)NC1CC1. The van der Waals surface area contributed by atoms with Gasteiger partial charge in [0, 0.05) is 48.2 Å². The molecule has 1 aliphatic heterocycles. The number of aromatic nitrogens is 2. The number of amides is 2. The summed E-state index contributed by atoms with van der Waals surface area (Å²) in [5.74, 6) is 2.46. The summed E-state index contributed by atoms with van der Waals surface area (Å²) in [7, 11) is 0. The van der Waals surface area contributed by atoms with E-state index in [4.69, 9.17) is 14.7 Å². The van der Waals surface area contributed by atoms with Crippen LogP contribution in [0.15, 0.2) is 65.6 Å². The van der Waals surface area contributed by atoms with E-state index < -0.39 is 0 Å². The maximum Gasteiger partial charge on any atom is 0.319 e. The molecule has 2 aromatic carbocycles. The number of hydrogen-bond donors (Lipinski definition) is 2. The van der Waals surface area contributed by atoms with Gasteiger partial charge in [0.2, 0.25) is 0 Å². The quantitative estimate of drug-likeness (QED) is 0.414. The van der Waals surface area contributed by atoms with Crippen LogP contribution < -0.4 is 15.5 Å². The van der Waals surface area contributed by atoms with Gasteiger partial charge in [-0.25, -0.2) is 14.8 Å². The summed E-state index contributed by atoms with van der Waals surface area (Å²) in [5.41, 5.74) is 2.69. The average Bonchev–Trinajstić information content (AvgIpc) is 3.68.